The third kappa shape index (κ3) is 8.73. The summed E-state index contributed by atoms with van der Waals surface area (Å²) in [6, 6.07) is 40.9. The van der Waals surface area contributed by atoms with Gasteiger partial charge in [0.25, 0.3) is 0 Å². The van der Waals surface area contributed by atoms with Gasteiger partial charge in [-0.25, -0.2) is 4.79 Å². The van der Waals surface area contributed by atoms with Crippen molar-refractivity contribution in [2.24, 2.45) is 41.4 Å². The Bertz CT molecular complexity index is 2280. The highest BCUT2D eigenvalue weighted by Gasteiger charge is 2.36. The summed E-state index contributed by atoms with van der Waals surface area (Å²) in [4.78, 5) is 29.1. The van der Waals surface area contributed by atoms with Crippen LogP contribution >= 0.6 is 0 Å². The van der Waals surface area contributed by atoms with E-state index >= 15 is 0 Å². The van der Waals surface area contributed by atoms with Gasteiger partial charge in [-0.05, 0) is 112 Å². The first-order valence-electron chi connectivity index (χ1n) is 22.4. The summed E-state index contributed by atoms with van der Waals surface area (Å²) in [6.45, 7) is 13.5. The van der Waals surface area contributed by atoms with Gasteiger partial charge in [0.05, 0.1) is 0 Å². The Balaban J connectivity index is 1.37. The summed E-state index contributed by atoms with van der Waals surface area (Å²) in [7, 11) is 0. The van der Waals surface area contributed by atoms with Crippen LogP contribution in [0.25, 0.3) is 54.9 Å². The molecule has 2 saturated carbocycles. The standard InChI is InChI=1S/C55H60O5/c1-34(2)43-27-25-36(5)29-42(43)33-50(56)59-53-45-23-15-13-21-40(45)31-47(38-17-9-7-10-18-38)51(53)52-48(39-19-11-8-12-20-39)32-41-22-14-16-24-46(41)54(52)60-55(57)58-49-30-37(6)26-28-44(49)35(3)4/h7-24,31-32,34-37,42-44,49H,25-30,33H2,1-6H3/t36-,37-,42+,43+,44+,49-/m1/s1. The van der Waals surface area contributed by atoms with Crippen molar-refractivity contribution in [1.82, 2.24) is 0 Å². The number of ether oxygens (including phenoxy) is 3. The van der Waals surface area contributed by atoms with Crippen molar-refractivity contribution in [3.63, 3.8) is 0 Å². The molecule has 6 aromatic carbocycles. The van der Waals surface area contributed by atoms with Gasteiger partial charge >= 0.3 is 12.1 Å². The van der Waals surface area contributed by atoms with Gasteiger partial charge in [-0.3, -0.25) is 4.79 Å². The van der Waals surface area contributed by atoms with E-state index in [0.717, 1.165) is 75.9 Å². The van der Waals surface area contributed by atoms with E-state index in [1.54, 1.807) is 0 Å². The second-order valence-electron chi connectivity index (χ2n) is 18.5. The van der Waals surface area contributed by atoms with Crippen LogP contribution in [0.3, 0.4) is 0 Å². The number of carbonyl (C=O) groups excluding carboxylic acids is 2. The Morgan fingerprint density at radius 2 is 1.03 bits per heavy atom. The largest absolute Gasteiger partial charge is 0.514 e. The number of fused-ring (bicyclic) bond motifs is 2. The van der Waals surface area contributed by atoms with Gasteiger partial charge in [-0.15, -0.1) is 0 Å². The Hall–Kier alpha value is -5.42. The van der Waals surface area contributed by atoms with E-state index in [1.165, 1.54) is 6.42 Å². The molecule has 8 rings (SSSR count). The molecule has 0 saturated heterocycles. The molecular weight excluding hydrogens is 741 g/mol. The topological polar surface area (TPSA) is 61.8 Å². The van der Waals surface area contributed by atoms with Crippen molar-refractivity contribution in [2.45, 2.75) is 92.6 Å². The van der Waals surface area contributed by atoms with Crippen molar-refractivity contribution in [2.75, 3.05) is 0 Å². The summed E-state index contributed by atoms with van der Waals surface area (Å²) in [5.74, 6) is 3.40. The molecule has 2 aliphatic rings. The van der Waals surface area contributed by atoms with Crippen LogP contribution in [-0.4, -0.2) is 18.2 Å². The van der Waals surface area contributed by atoms with Crippen molar-refractivity contribution < 1.29 is 23.8 Å². The molecule has 0 unspecified atom stereocenters. The smallest absolute Gasteiger partial charge is 0.430 e. The predicted octanol–water partition coefficient (Wildman–Crippen LogP) is 15.0. The van der Waals surface area contributed by atoms with E-state index in [1.807, 2.05) is 72.8 Å². The van der Waals surface area contributed by atoms with E-state index in [0.29, 0.717) is 58.6 Å². The summed E-state index contributed by atoms with van der Waals surface area (Å²) < 4.78 is 19.9. The van der Waals surface area contributed by atoms with Gasteiger partial charge in [0.2, 0.25) is 0 Å². The molecule has 60 heavy (non-hydrogen) atoms. The van der Waals surface area contributed by atoms with Crippen molar-refractivity contribution in [3.05, 3.63) is 121 Å². The van der Waals surface area contributed by atoms with Gasteiger partial charge in [0, 0.05) is 28.3 Å². The lowest BCUT2D eigenvalue weighted by molar-refractivity contribution is -0.136. The van der Waals surface area contributed by atoms with Crippen LogP contribution in [0, 0.1) is 41.4 Å². The maximum absolute atomic E-state index is 14.7. The van der Waals surface area contributed by atoms with Crippen LogP contribution in [0.2, 0.25) is 0 Å². The van der Waals surface area contributed by atoms with Crippen LogP contribution in [0.1, 0.15) is 86.5 Å². The molecule has 5 heteroatoms. The van der Waals surface area contributed by atoms with E-state index in [9.17, 15) is 9.59 Å². The zero-order valence-corrected chi connectivity index (χ0v) is 36.2. The second-order valence-corrected chi connectivity index (χ2v) is 18.5. The Labute approximate surface area is 356 Å². The van der Waals surface area contributed by atoms with E-state index in [4.69, 9.17) is 14.2 Å². The van der Waals surface area contributed by atoms with Gasteiger partial charge in [-0.1, -0.05) is 164 Å². The van der Waals surface area contributed by atoms with Gasteiger partial charge in [0.1, 0.15) is 11.9 Å². The molecule has 6 atom stereocenters. The van der Waals surface area contributed by atoms with E-state index in [-0.39, 0.29) is 23.9 Å². The highest BCUT2D eigenvalue weighted by molar-refractivity contribution is 6.12. The minimum absolute atomic E-state index is 0.236. The monoisotopic (exact) mass is 800 g/mol. The van der Waals surface area contributed by atoms with E-state index in [2.05, 4.69) is 90.1 Å². The maximum Gasteiger partial charge on any atom is 0.514 e. The highest BCUT2D eigenvalue weighted by Crippen LogP contribution is 2.53. The Morgan fingerprint density at radius 1 is 0.567 bits per heavy atom. The lowest BCUT2D eigenvalue weighted by Crippen LogP contribution is -2.36. The van der Waals surface area contributed by atoms with Gasteiger partial charge < -0.3 is 14.2 Å². The normalized spacial score (nSPS) is 21.9. The van der Waals surface area contributed by atoms with Crippen molar-refractivity contribution in [3.8, 4) is 44.9 Å². The minimum Gasteiger partial charge on any atom is -0.430 e. The fraction of sp³-hybridized carbons (Fsp3) is 0.382. The highest BCUT2D eigenvalue weighted by atomic mass is 16.7. The zero-order chi connectivity index (χ0) is 41.9. The third-order valence-electron chi connectivity index (χ3n) is 13.6. The number of esters is 1. The summed E-state index contributed by atoms with van der Waals surface area (Å²) in [5, 5.41) is 3.45. The zero-order valence-electron chi connectivity index (χ0n) is 36.2. The lowest BCUT2D eigenvalue weighted by Gasteiger charge is -2.37. The molecule has 310 valence electrons. The number of benzene rings is 6. The maximum atomic E-state index is 14.7. The molecule has 2 aliphatic carbocycles. The van der Waals surface area contributed by atoms with Crippen molar-refractivity contribution in [1.29, 1.82) is 0 Å². The molecule has 0 spiro atoms. The fourth-order valence-corrected chi connectivity index (χ4v) is 10.5. The molecule has 0 radical (unpaired) electrons. The second kappa shape index (κ2) is 18.1. The molecule has 0 bridgehead atoms. The van der Waals surface area contributed by atoms with Gasteiger partial charge in [-0.2, -0.15) is 0 Å². The molecule has 0 heterocycles. The van der Waals surface area contributed by atoms with Crippen LogP contribution in [0.15, 0.2) is 121 Å². The Morgan fingerprint density at radius 3 is 1.57 bits per heavy atom. The van der Waals surface area contributed by atoms with Crippen LogP contribution in [-0.2, 0) is 9.53 Å². The summed E-state index contributed by atoms with van der Waals surface area (Å²) in [5.41, 5.74) is 4.99. The third-order valence-corrected chi connectivity index (χ3v) is 13.6. The molecule has 2 fully saturated rings. The first kappa shape index (κ1) is 41.3. The lowest BCUT2D eigenvalue weighted by atomic mass is 9.69. The summed E-state index contributed by atoms with van der Waals surface area (Å²) >= 11 is 0. The number of hydrogen-bond acceptors (Lipinski definition) is 5. The minimum atomic E-state index is -0.719. The Kier molecular flexibility index (Phi) is 12.4. The molecule has 0 amide bonds. The predicted molar refractivity (Wildman–Crippen MR) is 245 cm³/mol. The number of carbonyl (C=O) groups is 2. The molecule has 5 nitrogen and oxygen atoms in total. The van der Waals surface area contributed by atoms with Crippen LogP contribution in [0.5, 0.6) is 11.5 Å². The average molecular weight is 801 g/mol. The van der Waals surface area contributed by atoms with E-state index < -0.39 is 6.16 Å². The van der Waals surface area contributed by atoms with Gasteiger partial charge in [0.15, 0.2) is 5.75 Å². The number of hydrogen-bond donors (Lipinski definition) is 0. The fourth-order valence-electron chi connectivity index (χ4n) is 10.5. The van der Waals surface area contributed by atoms with Crippen LogP contribution < -0.4 is 9.47 Å². The molecule has 0 aliphatic heterocycles. The first-order valence-corrected chi connectivity index (χ1v) is 22.4. The van der Waals surface area contributed by atoms with Crippen LogP contribution in [0.4, 0.5) is 4.79 Å². The molecular formula is C55H60O5. The molecule has 0 N–H and O–H groups in total. The SMILES string of the molecule is CC(C)[C@@H]1CC[C@@H](C)C[C@H]1CC(=O)Oc1c(-c2c(-c3ccccc3)cc3ccccc3c2OC(=O)O[C@@H]2C[C@H](C)CC[C@H]2C(C)C)c(-c2ccccc2)cc2ccccc12. The quantitative estimate of drug-likeness (QED) is 0.0784. The summed E-state index contributed by atoms with van der Waals surface area (Å²) in [6.07, 6.45) is 5.63. The van der Waals surface area contributed by atoms with Crippen molar-refractivity contribution >= 4 is 33.7 Å². The number of rotatable bonds is 10. The molecule has 0 aromatic heterocycles. The first-order chi connectivity index (χ1) is 29.0. The molecule has 6 aromatic rings. The average Bonchev–Trinajstić information content (AvgIpc) is 3.24.